The summed E-state index contributed by atoms with van der Waals surface area (Å²) in [6.45, 7) is 0. The van der Waals surface area contributed by atoms with Crippen molar-refractivity contribution in [1.82, 2.24) is 4.57 Å². The summed E-state index contributed by atoms with van der Waals surface area (Å²) >= 11 is 9.32. The van der Waals surface area contributed by atoms with E-state index in [9.17, 15) is 4.79 Å². The third-order valence-corrected chi connectivity index (χ3v) is 3.28. The van der Waals surface area contributed by atoms with Crippen LogP contribution in [0.4, 0.5) is 0 Å². The molecule has 0 radical (unpaired) electrons. The van der Waals surface area contributed by atoms with Gasteiger partial charge in [0.1, 0.15) is 0 Å². The predicted molar refractivity (Wildman–Crippen MR) is 69.8 cm³/mol. The molecule has 2 aromatic rings. The molecule has 0 N–H and O–H groups in total. The van der Waals surface area contributed by atoms with Gasteiger partial charge in [0.15, 0.2) is 0 Å². The highest BCUT2D eigenvalue weighted by atomic mass is 79.9. The second-order valence-corrected chi connectivity index (χ2v) is 4.72. The molecule has 1 heterocycles. The van der Waals surface area contributed by atoms with Gasteiger partial charge in [-0.05, 0) is 18.2 Å². The summed E-state index contributed by atoms with van der Waals surface area (Å²) in [5.41, 5.74) is 1.78. The lowest BCUT2D eigenvalue weighted by Crippen LogP contribution is -2.16. The number of benzene rings is 1. The number of halogens is 2. The molecular formula is C12H9BrClNO. The molecule has 0 saturated carbocycles. The van der Waals surface area contributed by atoms with Crippen molar-refractivity contribution in [1.29, 1.82) is 0 Å². The first-order valence-electron chi connectivity index (χ1n) is 4.71. The van der Waals surface area contributed by atoms with E-state index in [0.717, 1.165) is 15.7 Å². The number of rotatable bonds is 1. The van der Waals surface area contributed by atoms with Gasteiger partial charge < -0.3 is 4.57 Å². The molecule has 0 unspecified atom stereocenters. The van der Waals surface area contributed by atoms with E-state index in [1.807, 2.05) is 18.2 Å². The second-order valence-electron chi connectivity index (χ2n) is 3.43. The van der Waals surface area contributed by atoms with E-state index >= 15 is 0 Å². The first-order valence-corrected chi connectivity index (χ1v) is 5.88. The fourth-order valence-corrected chi connectivity index (χ4v) is 2.42. The topological polar surface area (TPSA) is 22.0 Å². The molecule has 16 heavy (non-hydrogen) atoms. The first-order chi connectivity index (χ1) is 7.59. The average molecular weight is 299 g/mol. The average Bonchev–Trinajstić information content (AvgIpc) is 2.23. The number of pyridine rings is 1. The lowest BCUT2D eigenvalue weighted by Gasteiger charge is -2.09. The maximum atomic E-state index is 11.5. The second kappa shape index (κ2) is 4.44. The fraction of sp³-hybridized carbons (Fsp3) is 0.0833. The van der Waals surface area contributed by atoms with Crippen molar-refractivity contribution in [2.24, 2.45) is 7.05 Å². The Morgan fingerprint density at radius 2 is 2.00 bits per heavy atom. The van der Waals surface area contributed by atoms with Gasteiger partial charge in [-0.3, -0.25) is 4.79 Å². The lowest BCUT2D eigenvalue weighted by atomic mass is 10.1. The highest BCUT2D eigenvalue weighted by Crippen LogP contribution is 2.29. The number of hydrogen-bond donors (Lipinski definition) is 0. The number of hydrogen-bond acceptors (Lipinski definition) is 1. The summed E-state index contributed by atoms with van der Waals surface area (Å²) in [4.78, 5) is 11.5. The quantitative estimate of drug-likeness (QED) is 0.790. The molecule has 0 fully saturated rings. The molecule has 0 saturated heterocycles. The van der Waals surface area contributed by atoms with Crippen LogP contribution in [0, 0.1) is 0 Å². The minimum absolute atomic E-state index is 0.0284. The molecule has 0 atom stereocenters. The lowest BCUT2D eigenvalue weighted by molar-refractivity contribution is 0.870. The third kappa shape index (κ3) is 2.06. The van der Waals surface area contributed by atoms with Crippen molar-refractivity contribution in [2.75, 3.05) is 0 Å². The summed E-state index contributed by atoms with van der Waals surface area (Å²) < 4.78 is 2.48. The van der Waals surface area contributed by atoms with Gasteiger partial charge in [0, 0.05) is 28.2 Å². The number of aromatic nitrogens is 1. The van der Waals surface area contributed by atoms with E-state index in [-0.39, 0.29) is 5.56 Å². The number of nitrogens with zero attached hydrogens (tertiary/aromatic N) is 1. The minimum atomic E-state index is -0.0284. The zero-order valence-electron chi connectivity index (χ0n) is 8.58. The van der Waals surface area contributed by atoms with Crippen molar-refractivity contribution in [2.45, 2.75) is 0 Å². The molecule has 1 aromatic heterocycles. The molecule has 0 spiro atoms. The van der Waals surface area contributed by atoms with Crippen LogP contribution in [0.25, 0.3) is 11.3 Å². The first kappa shape index (κ1) is 11.4. The van der Waals surface area contributed by atoms with Crippen LogP contribution < -0.4 is 5.56 Å². The highest BCUT2D eigenvalue weighted by Gasteiger charge is 2.06. The van der Waals surface area contributed by atoms with Crippen LogP contribution >= 0.6 is 27.5 Å². The largest absolute Gasteiger partial charge is 0.311 e. The van der Waals surface area contributed by atoms with Crippen molar-refractivity contribution < 1.29 is 0 Å². The fourth-order valence-electron chi connectivity index (χ4n) is 1.53. The van der Waals surface area contributed by atoms with Crippen LogP contribution in [0.15, 0.2) is 45.7 Å². The van der Waals surface area contributed by atoms with E-state index in [4.69, 9.17) is 11.6 Å². The molecule has 0 aliphatic rings. The molecular weight excluding hydrogens is 289 g/mol. The molecule has 0 amide bonds. The van der Waals surface area contributed by atoms with Crippen LogP contribution in [-0.2, 0) is 7.05 Å². The highest BCUT2D eigenvalue weighted by molar-refractivity contribution is 9.10. The zero-order chi connectivity index (χ0) is 11.7. The van der Waals surface area contributed by atoms with Gasteiger partial charge in [0.05, 0.1) is 5.69 Å². The van der Waals surface area contributed by atoms with Crippen molar-refractivity contribution in [3.8, 4) is 11.3 Å². The Morgan fingerprint density at radius 1 is 1.25 bits per heavy atom. The monoisotopic (exact) mass is 297 g/mol. The molecule has 2 rings (SSSR count). The van der Waals surface area contributed by atoms with Gasteiger partial charge in [-0.1, -0.05) is 39.7 Å². The van der Waals surface area contributed by atoms with Gasteiger partial charge in [-0.15, -0.1) is 0 Å². The molecule has 2 nitrogen and oxygen atoms in total. The SMILES string of the molecule is Cn1c(-c2ccc(Cl)cc2Br)cccc1=O. The van der Waals surface area contributed by atoms with E-state index < -0.39 is 0 Å². The summed E-state index contributed by atoms with van der Waals surface area (Å²) in [5, 5.41) is 0.663. The van der Waals surface area contributed by atoms with Crippen molar-refractivity contribution >= 4 is 27.5 Å². The smallest absolute Gasteiger partial charge is 0.250 e. The van der Waals surface area contributed by atoms with E-state index in [1.165, 1.54) is 6.07 Å². The van der Waals surface area contributed by atoms with Gasteiger partial charge in [0.25, 0.3) is 5.56 Å². The summed E-state index contributed by atoms with van der Waals surface area (Å²) in [7, 11) is 1.75. The molecule has 4 heteroatoms. The maximum absolute atomic E-state index is 11.5. The van der Waals surface area contributed by atoms with Crippen LogP contribution in [-0.4, -0.2) is 4.57 Å². The Kier molecular flexibility index (Phi) is 3.17. The van der Waals surface area contributed by atoms with Gasteiger partial charge in [-0.25, -0.2) is 0 Å². The predicted octanol–water partition coefficient (Wildman–Crippen LogP) is 3.47. The van der Waals surface area contributed by atoms with Crippen LogP contribution in [0.2, 0.25) is 5.02 Å². The molecule has 0 aliphatic carbocycles. The third-order valence-electron chi connectivity index (χ3n) is 2.39. The van der Waals surface area contributed by atoms with Gasteiger partial charge in [-0.2, -0.15) is 0 Å². The Bertz CT molecular complexity index is 592. The Morgan fingerprint density at radius 3 is 2.69 bits per heavy atom. The van der Waals surface area contributed by atoms with Crippen LogP contribution in [0.5, 0.6) is 0 Å². The molecule has 1 aromatic carbocycles. The normalized spacial score (nSPS) is 10.4. The van der Waals surface area contributed by atoms with Crippen LogP contribution in [0.1, 0.15) is 0 Å². The molecule has 0 aliphatic heterocycles. The van der Waals surface area contributed by atoms with Gasteiger partial charge in [0.2, 0.25) is 0 Å². The minimum Gasteiger partial charge on any atom is -0.311 e. The van der Waals surface area contributed by atoms with Crippen LogP contribution in [0.3, 0.4) is 0 Å². The van der Waals surface area contributed by atoms with Gasteiger partial charge >= 0.3 is 0 Å². The molecule has 0 bridgehead atoms. The Balaban J connectivity index is 2.68. The van der Waals surface area contributed by atoms with E-state index in [0.29, 0.717) is 5.02 Å². The molecule has 82 valence electrons. The summed E-state index contributed by atoms with van der Waals surface area (Å²) in [6.07, 6.45) is 0. The Labute approximate surface area is 107 Å². The zero-order valence-corrected chi connectivity index (χ0v) is 10.9. The maximum Gasteiger partial charge on any atom is 0.250 e. The summed E-state index contributed by atoms with van der Waals surface area (Å²) in [5.74, 6) is 0. The summed E-state index contributed by atoms with van der Waals surface area (Å²) in [6, 6.07) is 10.7. The van der Waals surface area contributed by atoms with E-state index in [1.54, 1.807) is 23.7 Å². The van der Waals surface area contributed by atoms with E-state index in [2.05, 4.69) is 15.9 Å². The van der Waals surface area contributed by atoms with Crippen molar-refractivity contribution in [3.05, 3.63) is 56.2 Å². The Hall–Kier alpha value is -1.06. The standard InChI is InChI=1S/C12H9BrClNO/c1-15-11(3-2-4-12(15)16)9-6-5-8(14)7-10(9)13/h2-7H,1H3. The van der Waals surface area contributed by atoms with Crippen molar-refractivity contribution in [3.63, 3.8) is 0 Å².